The molecule has 0 aromatic heterocycles. The number of benzene rings is 2. The standard InChI is InChI=1S/C22H24N2O4/c1-16(17-5-3-2-4-6-17)13-21(25)23-9-11-24(12-10-23)22(26)18-7-8-19-20(14-18)28-15-27-19/h2-8,14,16H,9-13,15H2,1H3. The van der Waals surface area contributed by atoms with Gasteiger partial charge in [0.2, 0.25) is 12.7 Å². The zero-order valence-corrected chi connectivity index (χ0v) is 16.0. The van der Waals surface area contributed by atoms with Crippen LogP contribution >= 0.6 is 0 Å². The Morgan fingerprint density at radius 1 is 0.929 bits per heavy atom. The summed E-state index contributed by atoms with van der Waals surface area (Å²) in [6.45, 7) is 4.48. The summed E-state index contributed by atoms with van der Waals surface area (Å²) >= 11 is 0. The normalized spacial score (nSPS) is 16.8. The SMILES string of the molecule is CC(CC(=O)N1CCN(C(=O)c2ccc3c(c2)OCO3)CC1)c1ccccc1. The van der Waals surface area contributed by atoms with Crippen LogP contribution < -0.4 is 9.47 Å². The number of fused-ring (bicyclic) bond motifs is 1. The van der Waals surface area contributed by atoms with Gasteiger partial charge in [-0.25, -0.2) is 0 Å². The van der Waals surface area contributed by atoms with Crippen LogP contribution in [0.1, 0.15) is 35.2 Å². The molecule has 1 fully saturated rings. The average molecular weight is 380 g/mol. The maximum Gasteiger partial charge on any atom is 0.254 e. The van der Waals surface area contributed by atoms with Crippen LogP contribution in [0.4, 0.5) is 0 Å². The molecule has 146 valence electrons. The Hall–Kier alpha value is -3.02. The quantitative estimate of drug-likeness (QED) is 0.818. The fourth-order valence-corrected chi connectivity index (χ4v) is 3.66. The molecule has 0 saturated carbocycles. The van der Waals surface area contributed by atoms with Crippen molar-refractivity contribution < 1.29 is 19.1 Å². The van der Waals surface area contributed by atoms with E-state index >= 15 is 0 Å². The predicted molar refractivity (Wildman–Crippen MR) is 105 cm³/mol. The highest BCUT2D eigenvalue weighted by molar-refractivity contribution is 5.95. The maximum absolute atomic E-state index is 12.8. The molecule has 6 heteroatoms. The van der Waals surface area contributed by atoms with E-state index < -0.39 is 0 Å². The van der Waals surface area contributed by atoms with E-state index in [9.17, 15) is 9.59 Å². The Bertz CT molecular complexity index is 860. The van der Waals surface area contributed by atoms with Crippen molar-refractivity contribution in [1.29, 1.82) is 0 Å². The third-order valence-electron chi connectivity index (χ3n) is 5.39. The van der Waals surface area contributed by atoms with E-state index in [4.69, 9.17) is 9.47 Å². The summed E-state index contributed by atoms with van der Waals surface area (Å²) in [7, 11) is 0. The van der Waals surface area contributed by atoms with Gasteiger partial charge in [0, 0.05) is 38.2 Å². The zero-order chi connectivity index (χ0) is 19.5. The number of hydrogen-bond donors (Lipinski definition) is 0. The molecule has 1 unspecified atom stereocenters. The van der Waals surface area contributed by atoms with E-state index in [1.165, 1.54) is 5.56 Å². The number of hydrogen-bond acceptors (Lipinski definition) is 4. The van der Waals surface area contributed by atoms with Gasteiger partial charge in [-0.2, -0.15) is 0 Å². The van der Waals surface area contributed by atoms with Crippen LogP contribution in [0.3, 0.4) is 0 Å². The van der Waals surface area contributed by atoms with Crippen molar-refractivity contribution in [2.45, 2.75) is 19.3 Å². The lowest BCUT2D eigenvalue weighted by Crippen LogP contribution is -2.50. The first-order chi connectivity index (χ1) is 13.6. The summed E-state index contributed by atoms with van der Waals surface area (Å²) in [6.07, 6.45) is 0.486. The largest absolute Gasteiger partial charge is 0.454 e. The van der Waals surface area contributed by atoms with Crippen molar-refractivity contribution >= 4 is 11.8 Å². The molecule has 0 spiro atoms. The van der Waals surface area contributed by atoms with Crippen LogP contribution in [-0.2, 0) is 4.79 Å². The molecule has 0 N–H and O–H groups in total. The second-order valence-electron chi connectivity index (χ2n) is 7.26. The Balaban J connectivity index is 1.31. The molecule has 2 aromatic rings. The van der Waals surface area contributed by atoms with Gasteiger partial charge in [-0.15, -0.1) is 0 Å². The van der Waals surface area contributed by atoms with Gasteiger partial charge in [0.05, 0.1) is 0 Å². The lowest BCUT2D eigenvalue weighted by Gasteiger charge is -2.35. The zero-order valence-electron chi connectivity index (χ0n) is 16.0. The predicted octanol–water partition coefficient (Wildman–Crippen LogP) is 2.89. The minimum absolute atomic E-state index is 0.0388. The summed E-state index contributed by atoms with van der Waals surface area (Å²) in [5.74, 6) is 1.56. The molecule has 0 aliphatic carbocycles. The molecule has 0 radical (unpaired) electrons. The molecule has 2 aromatic carbocycles. The molecule has 4 rings (SSSR count). The van der Waals surface area contributed by atoms with E-state index in [1.54, 1.807) is 23.1 Å². The van der Waals surface area contributed by atoms with Crippen molar-refractivity contribution in [2.24, 2.45) is 0 Å². The highest BCUT2D eigenvalue weighted by Gasteiger charge is 2.26. The van der Waals surface area contributed by atoms with E-state index in [0.717, 1.165) is 0 Å². The summed E-state index contributed by atoms with van der Waals surface area (Å²) in [5.41, 5.74) is 1.76. The lowest BCUT2D eigenvalue weighted by atomic mass is 9.97. The second kappa shape index (κ2) is 7.92. The van der Waals surface area contributed by atoms with Gasteiger partial charge in [0.15, 0.2) is 11.5 Å². The summed E-state index contributed by atoms with van der Waals surface area (Å²) in [5, 5.41) is 0. The Labute approximate surface area is 164 Å². The summed E-state index contributed by atoms with van der Waals surface area (Å²) in [6, 6.07) is 15.3. The van der Waals surface area contributed by atoms with E-state index in [0.29, 0.717) is 49.7 Å². The molecule has 2 heterocycles. The van der Waals surface area contributed by atoms with Gasteiger partial charge >= 0.3 is 0 Å². The van der Waals surface area contributed by atoms with Gasteiger partial charge in [-0.1, -0.05) is 37.3 Å². The first-order valence-electron chi connectivity index (χ1n) is 9.63. The summed E-state index contributed by atoms with van der Waals surface area (Å²) < 4.78 is 10.6. The van der Waals surface area contributed by atoms with Crippen molar-refractivity contribution in [1.82, 2.24) is 9.80 Å². The fourth-order valence-electron chi connectivity index (χ4n) is 3.66. The molecule has 2 aliphatic rings. The number of carbonyl (C=O) groups excluding carboxylic acids is 2. The Kier molecular flexibility index (Phi) is 5.19. The molecule has 0 bridgehead atoms. The monoisotopic (exact) mass is 380 g/mol. The van der Waals surface area contributed by atoms with E-state index in [1.807, 2.05) is 23.1 Å². The van der Waals surface area contributed by atoms with E-state index in [-0.39, 0.29) is 24.5 Å². The molecule has 6 nitrogen and oxygen atoms in total. The van der Waals surface area contributed by atoms with Crippen molar-refractivity contribution in [3.63, 3.8) is 0 Å². The topological polar surface area (TPSA) is 59.1 Å². The first kappa shape index (κ1) is 18.3. The maximum atomic E-state index is 12.8. The molecule has 2 amide bonds. The molecular formula is C22H24N2O4. The van der Waals surface area contributed by atoms with Crippen LogP contribution in [0.2, 0.25) is 0 Å². The van der Waals surface area contributed by atoms with Crippen molar-refractivity contribution in [3.8, 4) is 11.5 Å². The number of rotatable bonds is 4. The van der Waals surface area contributed by atoms with Gasteiger partial charge in [0.1, 0.15) is 0 Å². The molecule has 28 heavy (non-hydrogen) atoms. The first-order valence-corrected chi connectivity index (χ1v) is 9.63. The molecule has 1 atom stereocenters. The third-order valence-corrected chi connectivity index (χ3v) is 5.39. The van der Waals surface area contributed by atoms with Crippen molar-refractivity contribution in [3.05, 3.63) is 59.7 Å². The number of nitrogens with zero attached hydrogens (tertiary/aromatic N) is 2. The second-order valence-corrected chi connectivity index (χ2v) is 7.26. The van der Waals surface area contributed by atoms with Gasteiger partial charge < -0.3 is 19.3 Å². The average Bonchev–Trinajstić information content (AvgIpc) is 3.22. The fraction of sp³-hybridized carbons (Fsp3) is 0.364. The van der Waals surface area contributed by atoms with E-state index in [2.05, 4.69) is 19.1 Å². The van der Waals surface area contributed by atoms with Crippen LogP contribution in [0.25, 0.3) is 0 Å². The lowest BCUT2D eigenvalue weighted by molar-refractivity contribution is -0.133. The number of carbonyl (C=O) groups is 2. The van der Waals surface area contributed by atoms with Crippen LogP contribution in [-0.4, -0.2) is 54.6 Å². The number of ether oxygens (including phenoxy) is 2. The van der Waals surface area contributed by atoms with Crippen LogP contribution in [0.5, 0.6) is 11.5 Å². The minimum Gasteiger partial charge on any atom is -0.454 e. The smallest absolute Gasteiger partial charge is 0.254 e. The third kappa shape index (κ3) is 3.81. The van der Waals surface area contributed by atoms with Gasteiger partial charge in [-0.05, 0) is 29.7 Å². The molecular weight excluding hydrogens is 356 g/mol. The highest BCUT2D eigenvalue weighted by Crippen LogP contribution is 2.33. The van der Waals surface area contributed by atoms with Crippen LogP contribution in [0.15, 0.2) is 48.5 Å². The Morgan fingerprint density at radius 2 is 1.61 bits per heavy atom. The minimum atomic E-state index is -0.0388. The van der Waals surface area contributed by atoms with Gasteiger partial charge in [-0.3, -0.25) is 9.59 Å². The van der Waals surface area contributed by atoms with Crippen molar-refractivity contribution in [2.75, 3.05) is 33.0 Å². The highest BCUT2D eigenvalue weighted by atomic mass is 16.7. The summed E-state index contributed by atoms with van der Waals surface area (Å²) in [4.78, 5) is 29.1. The van der Waals surface area contributed by atoms with Gasteiger partial charge in [0.25, 0.3) is 5.91 Å². The number of amides is 2. The Morgan fingerprint density at radius 3 is 2.36 bits per heavy atom. The van der Waals surface area contributed by atoms with Crippen LogP contribution in [0, 0.1) is 0 Å². The molecule has 2 aliphatic heterocycles. The number of piperazine rings is 1. The molecule has 1 saturated heterocycles.